The summed E-state index contributed by atoms with van der Waals surface area (Å²) in [7, 11) is 1.35. The maximum absolute atomic E-state index is 12.3. The smallest absolute Gasteiger partial charge is 0.337 e. The number of carbonyl (C=O) groups is 2. The van der Waals surface area contributed by atoms with E-state index in [4.69, 9.17) is 0 Å². The number of benzene rings is 1. The van der Waals surface area contributed by atoms with Crippen LogP contribution in [0.25, 0.3) is 0 Å². The topological polar surface area (TPSA) is 55.4 Å². The van der Waals surface area contributed by atoms with Gasteiger partial charge in [-0.25, -0.2) is 4.79 Å². The van der Waals surface area contributed by atoms with Crippen molar-refractivity contribution < 1.29 is 14.3 Å². The number of carbonyl (C=O) groups excluding carboxylic acids is 2. The van der Waals surface area contributed by atoms with Gasteiger partial charge in [-0.2, -0.15) is 0 Å². The number of ether oxygens (including phenoxy) is 1. The summed E-state index contributed by atoms with van der Waals surface area (Å²) in [4.78, 5) is 23.6. The van der Waals surface area contributed by atoms with E-state index in [1.54, 1.807) is 24.3 Å². The van der Waals surface area contributed by atoms with Gasteiger partial charge in [-0.15, -0.1) is 0 Å². The summed E-state index contributed by atoms with van der Waals surface area (Å²) in [5.41, 5.74) is 1.23. The quantitative estimate of drug-likeness (QED) is 0.862. The average molecular weight is 273 g/mol. The fraction of sp³-hybridized carbons (Fsp3) is 0.500. The first-order valence-electron chi connectivity index (χ1n) is 7.16. The lowest BCUT2D eigenvalue weighted by Gasteiger charge is -2.20. The van der Waals surface area contributed by atoms with Gasteiger partial charge in [0, 0.05) is 11.6 Å². The van der Waals surface area contributed by atoms with Crippen LogP contribution in [0.2, 0.25) is 0 Å². The van der Waals surface area contributed by atoms with Gasteiger partial charge in [-0.1, -0.05) is 6.42 Å². The molecule has 0 heterocycles. The predicted octanol–water partition coefficient (Wildman–Crippen LogP) is 2.85. The van der Waals surface area contributed by atoms with Crippen molar-refractivity contribution in [3.05, 3.63) is 29.8 Å². The molecule has 1 aromatic carbocycles. The number of hydrogen-bond acceptors (Lipinski definition) is 3. The lowest BCUT2D eigenvalue weighted by Crippen LogP contribution is -2.27. The second-order valence-corrected chi connectivity index (χ2v) is 5.84. The van der Waals surface area contributed by atoms with Crippen molar-refractivity contribution in [1.82, 2.24) is 0 Å². The molecule has 0 aromatic heterocycles. The molecule has 0 aliphatic heterocycles. The lowest BCUT2D eigenvalue weighted by atomic mass is 9.88. The van der Waals surface area contributed by atoms with Crippen LogP contribution in [-0.2, 0) is 9.53 Å². The molecule has 3 rings (SSSR count). The zero-order chi connectivity index (χ0) is 14.1. The number of fused-ring (bicyclic) bond motifs is 2. The lowest BCUT2D eigenvalue weighted by molar-refractivity contribution is -0.121. The summed E-state index contributed by atoms with van der Waals surface area (Å²) < 4.78 is 4.65. The minimum atomic E-state index is -0.365. The highest BCUT2D eigenvalue weighted by molar-refractivity contribution is 5.94. The monoisotopic (exact) mass is 273 g/mol. The number of rotatable bonds is 3. The van der Waals surface area contributed by atoms with Gasteiger partial charge in [-0.3, -0.25) is 4.79 Å². The summed E-state index contributed by atoms with van der Waals surface area (Å²) in [6.45, 7) is 0. The molecule has 106 valence electrons. The summed E-state index contributed by atoms with van der Waals surface area (Å²) in [6, 6.07) is 6.83. The fourth-order valence-electron chi connectivity index (χ4n) is 3.61. The van der Waals surface area contributed by atoms with Gasteiger partial charge in [0.25, 0.3) is 0 Å². The minimum absolute atomic E-state index is 0.128. The Kier molecular flexibility index (Phi) is 3.47. The third-order valence-electron chi connectivity index (χ3n) is 4.65. The van der Waals surface area contributed by atoms with Gasteiger partial charge in [0.15, 0.2) is 0 Å². The Morgan fingerprint density at radius 3 is 2.45 bits per heavy atom. The molecule has 0 radical (unpaired) electrons. The van der Waals surface area contributed by atoms with Crippen LogP contribution in [0.4, 0.5) is 5.69 Å². The van der Waals surface area contributed by atoms with Crippen LogP contribution in [0, 0.1) is 17.8 Å². The molecule has 0 unspecified atom stereocenters. The van der Waals surface area contributed by atoms with Gasteiger partial charge in [0.2, 0.25) is 5.91 Å². The highest BCUT2D eigenvalue weighted by Gasteiger charge is 2.42. The zero-order valence-corrected chi connectivity index (χ0v) is 11.6. The molecule has 0 spiro atoms. The molecule has 2 bridgehead atoms. The van der Waals surface area contributed by atoms with Crippen LogP contribution in [0.5, 0.6) is 0 Å². The Labute approximate surface area is 118 Å². The molecule has 0 saturated heterocycles. The van der Waals surface area contributed by atoms with Gasteiger partial charge in [0.05, 0.1) is 12.7 Å². The van der Waals surface area contributed by atoms with Crippen molar-refractivity contribution in [3.8, 4) is 0 Å². The van der Waals surface area contributed by atoms with Crippen molar-refractivity contribution in [3.63, 3.8) is 0 Å². The number of esters is 1. The molecule has 2 fully saturated rings. The molecule has 1 aromatic rings. The van der Waals surface area contributed by atoms with E-state index in [9.17, 15) is 9.59 Å². The molecular weight excluding hydrogens is 254 g/mol. The highest BCUT2D eigenvalue weighted by atomic mass is 16.5. The molecule has 4 nitrogen and oxygen atoms in total. The molecular formula is C16H19NO3. The zero-order valence-electron chi connectivity index (χ0n) is 11.6. The molecule has 2 aliphatic carbocycles. The summed E-state index contributed by atoms with van der Waals surface area (Å²) >= 11 is 0. The van der Waals surface area contributed by atoms with Gasteiger partial charge >= 0.3 is 5.97 Å². The summed E-state index contributed by atoms with van der Waals surface area (Å²) in [5, 5.41) is 2.96. The third-order valence-corrected chi connectivity index (χ3v) is 4.65. The maximum atomic E-state index is 12.3. The van der Waals surface area contributed by atoms with Gasteiger partial charge in [-0.05, 0) is 55.4 Å². The normalized spacial score (nSPS) is 27.4. The predicted molar refractivity (Wildman–Crippen MR) is 75.3 cm³/mol. The summed E-state index contributed by atoms with van der Waals surface area (Å²) in [5.74, 6) is 1.28. The molecule has 3 atom stereocenters. The van der Waals surface area contributed by atoms with Crippen molar-refractivity contribution in [2.45, 2.75) is 25.7 Å². The standard InChI is InChI=1S/C16H19NO3/c1-20-16(19)11-4-6-13(7-5-11)17-15(18)14-9-10-2-3-12(14)8-10/h4-7,10,12,14H,2-3,8-9H2,1H3,(H,17,18)/t10-,12+,14-/m0/s1. The van der Waals surface area contributed by atoms with E-state index in [1.807, 2.05) is 0 Å². The van der Waals surface area contributed by atoms with Crippen LogP contribution in [0.15, 0.2) is 24.3 Å². The Morgan fingerprint density at radius 2 is 1.90 bits per heavy atom. The third kappa shape index (κ3) is 2.42. The van der Waals surface area contributed by atoms with Crippen LogP contribution in [0.3, 0.4) is 0 Å². The van der Waals surface area contributed by atoms with Crippen LogP contribution in [0.1, 0.15) is 36.0 Å². The number of amides is 1. The Hall–Kier alpha value is -1.84. The molecule has 2 aliphatic rings. The highest BCUT2D eigenvalue weighted by Crippen LogP contribution is 2.48. The van der Waals surface area contributed by atoms with E-state index < -0.39 is 0 Å². The number of anilines is 1. The Bertz CT molecular complexity index is 523. The molecule has 1 N–H and O–H groups in total. The molecule has 4 heteroatoms. The van der Waals surface area contributed by atoms with E-state index in [0.717, 1.165) is 18.0 Å². The first-order valence-corrected chi connectivity index (χ1v) is 7.16. The average Bonchev–Trinajstić information content (AvgIpc) is 3.10. The molecule has 2 saturated carbocycles. The van der Waals surface area contributed by atoms with E-state index in [2.05, 4.69) is 10.1 Å². The first-order chi connectivity index (χ1) is 9.67. The summed E-state index contributed by atoms with van der Waals surface area (Å²) in [6.07, 6.45) is 4.75. The molecule has 20 heavy (non-hydrogen) atoms. The Morgan fingerprint density at radius 1 is 1.15 bits per heavy atom. The second-order valence-electron chi connectivity index (χ2n) is 5.84. The largest absolute Gasteiger partial charge is 0.465 e. The van der Waals surface area contributed by atoms with Crippen LogP contribution < -0.4 is 5.32 Å². The second kappa shape index (κ2) is 5.27. The van der Waals surface area contributed by atoms with Crippen LogP contribution in [-0.4, -0.2) is 19.0 Å². The van der Waals surface area contributed by atoms with Crippen molar-refractivity contribution in [2.24, 2.45) is 17.8 Å². The van der Waals surface area contributed by atoms with E-state index in [1.165, 1.54) is 26.4 Å². The fourth-order valence-corrected chi connectivity index (χ4v) is 3.61. The first kappa shape index (κ1) is 13.2. The number of methoxy groups -OCH3 is 1. The van der Waals surface area contributed by atoms with Gasteiger partial charge < -0.3 is 10.1 Å². The van der Waals surface area contributed by atoms with Crippen molar-refractivity contribution in [1.29, 1.82) is 0 Å². The number of nitrogens with one attached hydrogen (secondary N) is 1. The van der Waals surface area contributed by atoms with Crippen LogP contribution >= 0.6 is 0 Å². The van der Waals surface area contributed by atoms with E-state index >= 15 is 0 Å². The molecule has 1 amide bonds. The van der Waals surface area contributed by atoms with E-state index in [0.29, 0.717) is 11.5 Å². The SMILES string of the molecule is COC(=O)c1ccc(NC(=O)[C@H]2C[C@H]3CC[C@@H]2C3)cc1. The number of hydrogen-bond donors (Lipinski definition) is 1. The Balaban J connectivity index is 1.63. The van der Waals surface area contributed by atoms with E-state index in [-0.39, 0.29) is 17.8 Å². The minimum Gasteiger partial charge on any atom is -0.465 e. The van der Waals surface area contributed by atoms with Crippen molar-refractivity contribution >= 4 is 17.6 Å². The van der Waals surface area contributed by atoms with Crippen molar-refractivity contribution in [2.75, 3.05) is 12.4 Å². The van der Waals surface area contributed by atoms with Gasteiger partial charge in [0.1, 0.15) is 0 Å². The maximum Gasteiger partial charge on any atom is 0.337 e.